The van der Waals surface area contributed by atoms with Crippen molar-refractivity contribution in [2.24, 2.45) is 28.9 Å². The quantitative estimate of drug-likeness (QED) is 0.0178. The Hall–Kier alpha value is -10.3. The molecular formula is C64H88N16O15. The fourth-order valence-electron chi connectivity index (χ4n) is 10.1. The Morgan fingerprint density at radius 1 is 0.495 bits per heavy atom. The number of carboxylic acid groups (broad SMARTS) is 1. The molecule has 5 rings (SSSR count). The van der Waals surface area contributed by atoms with Gasteiger partial charge in [0, 0.05) is 66.3 Å². The van der Waals surface area contributed by atoms with Crippen molar-refractivity contribution in [3.8, 4) is 0 Å². The molecule has 0 radical (unpaired) electrons. The van der Waals surface area contributed by atoms with Gasteiger partial charge in [0.1, 0.15) is 54.4 Å². The van der Waals surface area contributed by atoms with Gasteiger partial charge in [0.05, 0.1) is 19.2 Å². The standard InChI is InChI=1S/C64H88N16O15/c1-5-34(2)54(64(95)75-44(21-13-14-26-65)58(89)73-45(22-24-51(67)82)59(90)74-46(23-25-53(84)85)60(91)76-47(55(68)86)27-37-15-7-6-8-16-37)80-52(83)32-71-57(88)36(4)72-61(92)48(28-38-30-69-42-19-11-9-17-40(38)42)77-62(93)49(29-39-31-70-43-20-12-10-18-41(39)43)78-63(94)50(33-81)79-56(87)35(3)66/h6-12,15-20,30-31,34-36,44-50,54,69-70,81H,5,13-14,21-29,32-33,65-66H2,1-4H3,(H2,67,82)(H2,68,86)(H,71,88)(H,72,92)(H,73,89)(H,74,90)(H,75,95)(H,76,91)(H,77,93)(H,78,94)(H,79,87)(H,80,83)(H,84,85)/t34?,35-,36-,44-,45-,46-,47-,48-,49-,50-,54-/m0/s1. The summed E-state index contributed by atoms with van der Waals surface area (Å²) in [5.74, 6) is -12.7. The molecule has 0 aliphatic carbocycles. The van der Waals surface area contributed by atoms with Gasteiger partial charge in [-0.3, -0.25) is 62.3 Å². The van der Waals surface area contributed by atoms with Gasteiger partial charge in [-0.15, -0.1) is 0 Å². The average Bonchev–Trinajstić information content (AvgIpc) is 1.81. The van der Waals surface area contributed by atoms with Crippen LogP contribution in [0.2, 0.25) is 0 Å². The number of nitrogens with two attached hydrogens (primary N) is 4. The number of carboxylic acids is 1. The third-order valence-corrected chi connectivity index (χ3v) is 15.8. The molecule has 0 spiro atoms. The molecule has 5 aromatic rings. The van der Waals surface area contributed by atoms with Crippen LogP contribution in [0, 0.1) is 5.92 Å². The molecule has 514 valence electrons. The van der Waals surface area contributed by atoms with Crippen LogP contribution in [0.3, 0.4) is 0 Å². The second-order valence-corrected chi connectivity index (χ2v) is 23.2. The molecule has 2 aromatic heterocycles. The minimum absolute atomic E-state index is 0.0468. The number of unbranched alkanes of at least 4 members (excludes halogenated alkanes) is 1. The Balaban J connectivity index is 1.30. The van der Waals surface area contributed by atoms with Crippen molar-refractivity contribution in [3.05, 3.63) is 108 Å². The molecule has 0 saturated carbocycles. The largest absolute Gasteiger partial charge is 0.481 e. The van der Waals surface area contributed by atoms with Crippen molar-refractivity contribution in [1.29, 1.82) is 0 Å². The maximum atomic E-state index is 14.6. The monoisotopic (exact) mass is 1320 g/mol. The molecule has 0 aliphatic rings. The second kappa shape index (κ2) is 37.4. The first-order chi connectivity index (χ1) is 45.2. The van der Waals surface area contributed by atoms with Crippen LogP contribution in [0.25, 0.3) is 21.8 Å². The highest BCUT2D eigenvalue weighted by molar-refractivity contribution is 5.99. The van der Waals surface area contributed by atoms with Crippen LogP contribution in [0.15, 0.2) is 91.3 Å². The highest BCUT2D eigenvalue weighted by atomic mass is 16.4. The second-order valence-electron chi connectivity index (χ2n) is 23.2. The van der Waals surface area contributed by atoms with Crippen molar-refractivity contribution in [1.82, 2.24) is 63.1 Å². The van der Waals surface area contributed by atoms with E-state index >= 15 is 0 Å². The third kappa shape index (κ3) is 23.7. The van der Waals surface area contributed by atoms with Crippen LogP contribution in [-0.2, 0) is 81.6 Å². The van der Waals surface area contributed by atoms with E-state index in [1.165, 1.54) is 13.8 Å². The summed E-state index contributed by atoms with van der Waals surface area (Å²) in [6, 6.07) is 8.78. The van der Waals surface area contributed by atoms with Crippen LogP contribution in [-0.4, -0.2) is 177 Å². The van der Waals surface area contributed by atoms with Gasteiger partial charge in [-0.1, -0.05) is 87.0 Å². The van der Waals surface area contributed by atoms with E-state index in [0.29, 0.717) is 40.4 Å². The Morgan fingerprint density at radius 2 is 0.947 bits per heavy atom. The van der Waals surface area contributed by atoms with Crippen molar-refractivity contribution in [2.75, 3.05) is 19.7 Å². The molecule has 0 aliphatic heterocycles. The smallest absolute Gasteiger partial charge is 0.303 e. The predicted molar refractivity (Wildman–Crippen MR) is 348 cm³/mol. The summed E-state index contributed by atoms with van der Waals surface area (Å²) < 4.78 is 0. The van der Waals surface area contributed by atoms with Gasteiger partial charge in [0.25, 0.3) is 0 Å². The number of hydrogen-bond donors (Lipinski definition) is 18. The molecule has 31 heteroatoms. The van der Waals surface area contributed by atoms with Gasteiger partial charge < -0.3 is 96.3 Å². The topological polar surface area (TPSA) is 518 Å². The number of benzene rings is 3. The lowest BCUT2D eigenvalue weighted by Crippen LogP contribution is -2.60. The molecule has 0 saturated heterocycles. The van der Waals surface area contributed by atoms with Gasteiger partial charge in [-0.2, -0.15) is 0 Å². The molecule has 22 N–H and O–H groups in total. The first-order valence-electron chi connectivity index (χ1n) is 31.2. The van der Waals surface area contributed by atoms with Gasteiger partial charge in [-0.05, 0) is 87.2 Å². The lowest BCUT2D eigenvalue weighted by Gasteiger charge is -2.28. The highest BCUT2D eigenvalue weighted by Crippen LogP contribution is 2.22. The lowest BCUT2D eigenvalue weighted by molar-refractivity contribution is -0.138. The van der Waals surface area contributed by atoms with E-state index < -0.39 is 182 Å². The first kappa shape index (κ1) is 75.4. The zero-order chi connectivity index (χ0) is 69.9. The van der Waals surface area contributed by atoms with Crippen molar-refractivity contribution >= 4 is 98.7 Å². The number of aliphatic hydroxyl groups excluding tert-OH is 1. The number of nitrogens with one attached hydrogen (secondary N) is 12. The fourth-order valence-corrected chi connectivity index (χ4v) is 10.1. The van der Waals surface area contributed by atoms with Crippen LogP contribution < -0.4 is 76.1 Å². The van der Waals surface area contributed by atoms with Crippen molar-refractivity contribution in [2.45, 2.75) is 159 Å². The van der Waals surface area contributed by atoms with Crippen molar-refractivity contribution in [3.63, 3.8) is 0 Å². The molecule has 11 atom stereocenters. The van der Waals surface area contributed by atoms with E-state index in [0.717, 1.165) is 10.9 Å². The van der Waals surface area contributed by atoms with Gasteiger partial charge in [-0.25, -0.2) is 0 Å². The number of aliphatic hydroxyl groups is 1. The number of aromatic amines is 2. The first-order valence-corrected chi connectivity index (χ1v) is 31.2. The van der Waals surface area contributed by atoms with Gasteiger partial charge >= 0.3 is 5.97 Å². The van der Waals surface area contributed by atoms with Crippen LogP contribution >= 0.6 is 0 Å². The number of carbonyl (C=O) groups is 13. The summed E-state index contributed by atoms with van der Waals surface area (Å²) in [5.41, 5.74) is 25.7. The zero-order valence-electron chi connectivity index (χ0n) is 53.4. The molecule has 0 bridgehead atoms. The number of para-hydroxylation sites is 2. The average molecular weight is 1320 g/mol. The molecule has 95 heavy (non-hydrogen) atoms. The van der Waals surface area contributed by atoms with Crippen molar-refractivity contribution < 1.29 is 72.5 Å². The molecule has 0 fully saturated rings. The normalized spacial score (nSPS) is 14.6. The zero-order valence-corrected chi connectivity index (χ0v) is 53.4. The number of rotatable bonds is 40. The van der Waals surface area contributed by atoms with E-state index in [2.05, 4.69) is 63.1 Å². The van der Waals surface area contributed by atoms with E-state index in [1.807, 2.05) is 0 Å². The van der Waals surface area contributed by atoms with Gasteiger partial charge in [0.15, 0.2) is 0 Å². The number of primary amides is 2. The summed E-state index contributed by atoms with van der Waals surface area (Å²) >= 11 is 0. The number of aromatic nitrogens is 2. The minimum atomic E-state index is -1.62. The highest BCUT2D eigenvalue weighted by Gasteiger charge is 2.36. The molecular weight excluding hydrogens is 1230 g/mol. The molecule has 31 nitrogen and oxygen atoms in total. The Kier molecular flexibility index (Phi) is 29.7. The molecule has 2 heterocycles. The number of hydrogen-bond acceptors (Lipinski definition) is 16. The van der Waals surface area contributed by atoms with Gasteiger partial charge in [0.2, 0.25) is 70.9 Å². The molecule has 3 aromatic carbocycles. The SMILES string of the molecule is CCC(C)[C@H](NC(=O)CNC(=O)[C@H](C)NC(=O)[C@H](Cc1c[nH]c2ccccc12)NC(=O)[C@H](Cc1c[nH]c2ccccc12)NC(=O)[C@H](CO)NC(=O)[C@H](C)N)C(=O)N[C@@H](CCCCN)C(=O)N[C@@H](CCC(N)=O)C(=O)N[C@@H](CCC(=O)O)C(=O)N[C@@H](Cc1ccccc1)C(N)=O. The summed E-state index contributed by atoms with van der Waals surface area (Å²) in [6.07, 6.45) is 1.84. The summed E-state index contributed by atoms with van der Waals surface area (Å²) in [6.45, 7) is 4.66. The third-order valence-electron chi connectivity index (χ3n) is 15.8. The van der Waals surface area contributed by atoms with E-state index in [1.54, 1.807) is 105 Å². The number of fused-ring (bicyclic) bond motifs is 2. The number of H-pyrrole nitrogens is 2. The number of carbonyl (C=O) groups excluding carboxylic acids is 12. The lowest BCUT2D eigenvalue weighted by atomic mass is 9.97. The molecule has 12 amide bonds. The van der Waals surface area contributed by atoms with E-state index in [4.69, 9.17) is 22.9 Å². The predicted octanol–water partition coefficient (Wildman–Crippen LogP) is -2.69. The molecule has 1 unspecified atom stereocenters. The number of amides is 12. The number of aliphatic carboxylic acids is 1. The maximum absolute atomic E-state index is 14.6. The van der Waals surface area contributed by atoms with Crippen LogP contribution in [0.1, 0.15) is 95.8 Å². The summed E-state index contributed by atoms with van der Waals surface area (Å²) in [4.78, 5) is 181. The van der Waals surface area contributed by atoms with E-state index in [-0.39, 0.29) is 38.6 Å². The summed E-state index contributed by atoms with van der Waals surface area (Å²) in [7, 11) is 0. The summed E-state index contributed by atoms with van der Waals surface area (Å²) in [5, 5.41) is 46.4. The maximum Gasteiger partial charge on any atom is 0.303 e. The minimum Gasteiger partial charge on any atom is -0.481 e. The van der Waals surface area contributed by atoms with E-state index in [9.17, 15) is 72.5 Å². The van der Waals surface area contributed by atoms with Crippen LogP contribution in [0.5, 0.6) is 0 Å². The van der Waals surface area contributed by atoms with Crippen LogP contribution in [0.4, 0.5) is 0 Å². The Labute approximate surface area is 547 Å². The Morgan fingerprint density at radius 3 is 1.44 bits per heavy atom. The Bertz CT molecular complexity index is 3500. The fraction of sp³-hybridized carbons (Fsp3) is 0.453.